The number of nitrogens with one attached hydrogen (secondary N) is 1. The van der Waals surface area contributed by atoms with Crippen molar-refractivity contribution in [2.75, 3.05) is 6.61 Å². The molecule has 1 N–H and O–H groups in total. The molecule has 0 radical (unpaired) electrons. The van der Waals surface area contributed by atoms with Crippen LogP contribution in [0.5, 0.6) is 5.75 Å². The summed E-state index contributed by atoms with van der Waals surface area (Å²) in [5.74, 6) is -0.490. The maximum atomic E-state index is 14.9. The Labute approximate surface area is 376 Å². The number of benzene rings is 7. The van der Waals surface area contributed by atoms with Crippen molar-refractivity contribution in [2.24, 2.45) is 0 Å². The molecule has 64 heavy (non-hydrogen) atoms. The highest BCUT2D eigenvalue weighted by Crippen LogP contribution is 2.44. The Morgan fingerprint density at radius 1 is 0.578 bits per heavy atom. The lowest BCUT2D eigenvalue weighted by atomic mass is 9.66. The molecule has 0 fully saturated rings. The van der Waals surface area contributed by atoms with Gasteiger partial charge in [-0.25, -0.2) is 4.79 Å². The number of rotatable bonds is 20. The lowest BCUT2D eigenvalue weighted by Gasteiger charge is -2.35. The predicted molar refractivity (Wildman–Crippen MR) is 256 cm³/mol. The molecule has 0 aliphatic rings. The monoisotopic (exact) mass is 867 g/mol. The van der Waals surface area contributed by atoms with E-state index in [2.05, 4.69) is 12.2 Å². The van der Waals surface area contributed by atoms with Crippen molar-refractivity contribution in [2.45, 2.75) is 63.5 Å². The van der Waals surface area contributed by atoms with Crippen molar-refractivity contribution in [3.8, 4) is 5.75 Å². The highest BCUT2D eigenvalue weighted by molar-refractivity contribution is 7.85. The van der Waals surface area contributed by atoms with Gasteiger partial charge in [-0.15, -0.1) is 0 Å². The summed E-state index contributed by atoms with van der Waals surface area (Å²) in [6.07, 6.45) is 0.339. The Bertz CT molecular complexity index is 2480. The first-order valence-corrected chi connectivity index (χ1v) is 23.6. The van der Waals surface area contributed by atoms with Crippen LogP contribution in [0.4, 0.5) is 0 Å². The summed E-state index contributed by atoms with van der Waals surface area (Å²) in [6.45, 7) is 3.94. The van der Waals surface area contributed by atoms with Crippen molar-refractivity contribution in [1.29, 1.82) is 0 Å². The maximum Gasteiger partial charge on any atom is 0.329 e. The average molecular weight is 868 g/mol. The number of ether oxygens (including phenoxy) is 2. The topological polar surface area (TPSA) is 98.8 Å². The summed E-state index contributed by atoms with van der Waals surface area (Å²) in [5, 5.41) is 4.96. The second-order valence-corrected chi connectivity index (χ2v) is 18.7. The molecule has 7 rings (SSSR count). The third-order valence-electron chi connectivity index (χ3n) is 11.8. The Hall–Kier alpha value is -6.82. The van der Waals surface area contributed by atoms with Gasteiger partial charge in [0.15, 0.2) is 7.14 Å². The van der Waals surface area contributed by atoms with Gasteiger partial charge in [0, 0.05) is 28.8 Å². The van der Waals surface area contributed by atoms with Gasteiger partial charge in [-0.3, -0.25) is 9.59 Å². The summed E-state index contributed by atoms with van der Waals surface area (Å²) in [6, 6.07) is 62.8. The maximum absolute atomic E-state index is 14.9. The minimum atomic E-state index is -3.21. The van der Waals surface area contributed by atoms with E-state index >= 15 is 0 Å². The molecule has 8 heteroatoms. The molecule has 0 aliphatic carbocycles. The van der Waals surface area contributed by atoms with Crippen LogP contribution in [0.25, 0.3) is 0 Å². The summed E-state index contributed by atoms with van der Waals surface area (Å²) in [7, 11) is -3.21. The van der Waals surface area contributed by atoms with Crippen molar-refractivity contribution < 1.29 is 28.4 Å². The number of amides is 1. The first-order chi connectivity index (χ1) is 31.2. The Balaban J connectivity index is 1.10. The second-order valence-electron chi connectivity index (χ2n) is 15.9. The molecular formula is C56H54NO6P. The molecule has 324 valence electrons. The van der Waals surface area contributed by atoms with E-state index in [-0.39, 0.29) is 38.1 Å². The predicted octanol–water partition coefficient (Wildman–Crippen LogP) is 10.2. The lowest BCUT2D eigenvalue weighted by Crippen LogP contribution is -2.43. The van der Waals surface area contributed by atoms with Gasteiger partial charge >= 0.3 is 5.97 Å². The van der Waals surface area contributed by atoms with Gasteiger partial charge in [-0.2, -0.15) is 0 Å². The molecule has 0 aromatic heterocycles. The average Bonchev–Trinajstić information content (AvgIpc) is 3.35. The van der Waals surface area contributed by atoms with Crippen LogP contribution < -0.4 is 26.0 Å². The highest BCUT2D eigenvalue weighted by atomic mass is 31.2. The number of carbonyl (C=O) groups is 3. The van der Waals surface area contributed by atoms with Gasteiger partial charge in [-0.1, -0.05) is 195 Å². The summed E-state index contributed by atoms with van der Waals surface area (Å²) >= 11 is 0. The molecule has 1 amide bonds. The van der Waals surface area contributed by atoms with E-state index in [9.17, 15) is 18.9 Å². The summed E-state index contributed by atoms with van der Waals surface area (Å²) in [5.41, 5.74) is 3.97. The van der Waals surface area contributed by atoms with Gasteiger partial charge in [0.25, 0.3) is 0 Å². The van der Waals surface area contributed by atoms with E-state index in [4.69, 9.17) is 9.47 Å². The molecule has 2 atom stereocenters. The molecular weight excluding hydrogens is 814 g/mol. The normalized spacial score (nSPS) is 12.4. The van der Waals surface area contributed by atoms with Crippen LogP contribution in [-0.2, 0) is 35.5 Å². The number of aryl methyl sites for hydroxylation is 1. The number of carbonyl (C=O) groups excluding carboxylic acids is 3. The SMILES string of the molecule is CCc1ccc(OCCC(=O)NC(CCC(=O)CC(c2ccccc2)(c2ccccc2)c2ccccc2)C(=O)OC(C)c2ccc(P(=O)(c3ccccc3)c3ccccc3)cc2)cc1. The summed E-state index contributed by atoms with van der Waals surface area (Å²) < 4.78 is 26.9. The largest absolute Gasteiger partial charge is 0.493 e. The van der Waals surface area contributed by atoms with E-state index in [1.165, 1.54) is 5.56 Å². The van der Waals surface area contributed by atoms with Crippen molar-refractivity contribution in [3.05, 3.63) is 228 Å². The molecule has 7 nitrogen and oxygen atoms in total. The van der Waals surface area contributed by atoms with Crippen LogP contribution in [0.1, 0.15) is 73.5 Å². The Kier molecular flexibility index (Phi) is 15.2. The van der Waals surface area contributed by atoms with Crippen LogP contribution in [0.15, 0.2) is 200 Å². The first kappa shape index (κ1) is 45.2. The molecule has 7 aromatic carbocycles. The molecule has 7 aromatic rings. The van der Waals surface area contributed by atoms with Gasteiger partial charge in [0.2, 0.25) is 5.91 Å². The van der Waals surface area contributed by atoms with Crippen LogP contribution >= 0.6 is 7.14 Å². The van der Waals surface area contributed by atoms with Gasteiger partial charge in [0.1, 0.15) is 23.7 Å². The van der Waals surface area contributed by atoms with E-state index in [1.54, 1.807) is 6.92 Å². The van der Waals surface area contributed by atoms with E-state index in [1.807, 2.05) is 200 Å². The smallest absolute Gasteiger partial charge is 0.329 e. The standard InChI is InChI=1S/C56H54NO6P/c1-3-43-29-34-49(35-30-43)62-40-39-54(59)57-53(38-33-48(58)41-56(45-19-9-4-10-20-45,46-21-11-5-12-22-46)47-23-13-6-14-24-47)55(60)63-42(2)44-31-36-52(37-32-44)64(61,50-25-15-7-16-26-50)51-27-17-8-18-28-51/h4-32,34-37,42,53H,3,33,38-41H2,1-2H3,(H,57,59). The van der Waals surface area contributed by atoms with Crippen molar-refractivity contribution >= 4 is 40.7 Å². The zero-order chi connectivity index (χ0) is 44.8. The van der Waals surface area contributed by atoms with Crippen LogP contribution in [0.3, 0.4) is 0 Å². The van der Waals surface area contributed by atoms with E-state index in [0.29, 0.717) is 16.6 Å². The van der Waals surface area contributed by atoms with Crippen LogP contribution in [0.2, 0.25) is 0 Å². The van der Waals surface area contributed by atoms with Gasteiger partial charge in [0.05, 0.1) is 18.4 Å². The number of ketones is 1. The molecule has 0 saturated carbocycles. The van der Waals surface area contributed by atoms with Crippen molar-refractivity contribution in [3.63, 3.8) is 0 Å². The summed E-state index contributed by atoms with van der Waals surface area (Å²) in [4.78, 5) is 42.1. The zero-order valence-electron chi connectivity index (χ0n) is 36.3. The first-order valence-electron chi connectivity index (χ1n) is 21.9. The zero-order valence-corrected chi connectivity index (χ0v) is 37.2. The molecule has 0 aliphatic heterocycles. The number of esters is 1. The third-order valence-corrected chi connectivity index (χ3v) is 14.9. The fourth-order valence-corrected chi connectivity index (χ4v) is 10.9. The number of hydrogen-bond acceptors (Lipinski definition) is 6. The van der Waals surface area contributed by atoms with E-state index in [0.717, 1.165) is 33.7 Å². The molecule has 0 bridgehead atoms. The Morgan fingerprint density at radius 3 is 1.50 bits per heavy atom. The van der Waals surface area contributed by atoms with Crippen LogP contribution in [0, 0.1) is 0 Å². The molecule has 0 spiro atoms. The third kappa shape index (κ3) is 10.7. The fraction of sp³-hybridized carbons (Fsp3) is 0.196. The number of hydrogen-bond donors (Lipinski definition) is 1. The molecule has 0 saturated heterocycles. The number of Topliss-reactive ketones (excluding diaryl/α,β-unsaturated/α-hetero) is 1. The van der Waals surface area contributed by atoms with Gasteiger partial charge in [-0.05, 0) is 59.7 Å². The Morgan fingerprint density at radius 2 is 1.03 bits per heavy atom. The quantitative estimate of drug-likeness (QED) is 0.0466. The minimum absolute atomic E-state index is 0.00586. The molecule has 0 heterocycles. The van der Waals surface area contributed by atoms with Crippen molar-refractivity contribution in [1.82, 2.24) is 5.32 Å². The van der Waals surface area contributed by atoms with Crippen LogP contribution in [-0.4, -0.2) is 30.3 Å². The van der Waals surface area contributed by atoms with E-state index < -0.39 is 36.6 Å². The van der Waals surface area contributed by atoms with Gasteiger partial charge < -0.3 is 19.4 Å². The lowest BCUT2D eigenvalue weighted by molar-refractivity contribution is -0.153. The minimum Gasteiger partial charge on any atom is -0.493 e. The molecule has 2 unspecified atom stereocenters. The fourth-order valence-electron chi connectivity index (χ4n) is 8.26. The second kappa shape index (κ2) is 21.5. The highest BCUT2D eigenvalue weighted by Gasteiger charge is 2.39.